The highest BCUT2D eigenvalue weighted by molar-refractivity contribution is 7.98. The molecule has 0 heterocycles. The fourth-order valence-electron chi connectivity index (χ4n) is 3.52. The second kappa shape index (κ2) is 15.2. The van der Waals surface area contributed by atoms with Crippen LogP contribution in [0.1, 0.15) is 30.9 Å². The average molecular weight is 549 g/mol. The second-order valence-corrected chi connectivity index (χ2v) is 11.3. The van der Waals surface area contributed by atoms with Crippen LogP contribution in [0, 0.1) is 0 Å². The van der Waals surface area contributed by atoms with Crippen LogP contribution in [0.3, 0.4) is 0 Å². The lowest BCUT2D eigenvalue weighted by Gasteiger charge is -2.23. The zero-order chi connectivity index (χ0) is 27.3. The Morgan fingerprint density at radius 2 is 1.65 bits per heavy atom. The molecular weight excluding hydrogens is 512 g/mol. The number of carbonyl (C=O) groups is 2. The van der Waals surface area contributed by atoms with Gasteiger partial charge in [0.25, 0.3) is 5.91 Å². The number of nitrogens with two attached hydrogens (primary N) is 2. The van der Waals surface area contributed by atoms with Crippen molar-refractivity contribution >= 4 is 45.2 Å². The quantitative estimate of drug-likeness (QED) is 0.164. The summed E-state index contributed by atoms with van der Waals surface area (Å²) < 4.78 is 26.5. The molecule has 2 atom stereocenters. The molecule has 0 aliphatic carbocycles. The van der Waals surface area contributed by atoms with Gasteiger partial charge >= 0.3 is 0 Å². The Kier molecular flexibility index (Phi) is 12.4. The first-order valence-electron chi connectivity index (χ1n) is 11.9. The first-order chi connectivity index (χ1) is 17.6. The Morgan fingerprint density at radius 3 is 2.24 bits per heavy atom. The number of guanidine groups is 1. The largest absolute Gasteiger partial charge is 0.370 e. The number of rotatable bonds is 15. The zero-order valence-electron chi connectivity index (χ0n) is 21.1. The molecule has 10 nitrogen and oxygen atoms in total. The predicted molar refractivity (Wildman–Crippen MR) is 150 cm³/mol. The summed E-state index contributed by atoms with van der Waals surface area (Å²) in [4.78, 5) is 30.2. The second-order valence-electron chi connectivity index (χ2n) is 8.45. The van der Waals surface area contributed by atoms with Gasteiger partial charge in [0.05, 0.1) is 17.5 Å². The molecule has 7 N–H and O–H groups in total. The molecule has 0 saturated heterocycles. The summed E-state index contributed by atoms with van der Waals surface area (Å²) in [6, 6.07) is 14.7. The van der Waals surface area contributed by atoms with Crippen molar-refractivity contribution < 1.29 is 18.0 Å². The number of hydrogen-bond acceptors (Lipinski definition) is 7. The Bertz CT molecular complexity index is 1140. The van der Waals surface area contributed by atoms with Crippen molar-refractivity contribution in [2.24, 2.45) is 16.5 Å². The molecule has 0 spiro atoms. The average Bonchev–Trinajstić information content (AvgIpc) is 2.84. The molecule has 0 aliphatic heterocycles. The third-order valence-corrected chi connectivity index (χ3v) is 7.42. The van der Waals surface area contributed by atoms with Crippen molar-refractivity contribution in [3.8, 4) is 0 Å². The lowest BCUT2D eigenvalue weighted by atomic mass is 10.0. The van der Waals surface area contributed by atoms with Crippen LogP contribution in [0.4, 0.5) is 5.69 Å². The van der Waals surface area contributed by atoms with Gasteiger partial charge in [-0.3, -0.25) is 14.3 Å². The highest BCUT2D eigenvalue weighted by atomic mass is 32.2. The molecule has 2 aromatic rings. The Morgan fingerprint density at radius 1 is 0.973 bits per heavy atom. The molecule has 0 aromatic heterocycles. The monoisotopic (exact) mass is 548 g/mol. The van der Waals surface area contributed by atoms with Crippen LogP contribution >= 0.6 is 11.8 Å². The van der Waals surface area contributed by atoms with Gasteiger partial charge in [-0.1, -0.05) is 49.4 Å². The highest BCUT2D eigenvalue weighted by Gasteiger charge is 2.28. The van der Waals surface area contributed by atoms with Gasteiger partial charge in [0.2, 0.25) is 15.9 Å². The molecule has 12 heteroatoms. The number of nitrogens with one attached hydrogen (secondary N) is 3. The zero-order valence-corrected chi connectivity index (χ0v) is 22.8. The van der Waals surface area contributed by atoms with E-state index >= 15 is 0 Å². The van der Waals surface area contributed by atoms with E-state index in [-0.39, 0.29) is 24.0 Å². The van der Waals surface area contributed by atoms with Crippen molar-refractivity contribution in [3.63, 3.8) is 0 Å². The summed E-state index contributed by atoms with van der Waals surface area (Å²) in [6.45, 7) is 2.11. The maximum atomic E-state index is 13.3. The topological polar surface area (TPSA) is 169 Å². The minimum Gasteiger partial charge on any atom is -0.370 e. The summed E-state index contributed by atoms with van der Waals surface area (Å²) in [5.41, 5.74) is 13.1. The summed E-state index contributed by atoms with van der Waals surface area (Å²) >= 11 is 1.60. The lowest BCUT2D eigenvalue weighted by Crippen LogP contribution is -2.54. The van der Waals surface area contributed by atoms with Gasteiger partial charge in [0.15, 0.2) is 5.96 Å². The molecule has 2 aromatic carbocycles. The fraction of sp³-hybridized carbons (Fsp3) is 0.400. The van der Waals surface area contributed by atoms with Gasteiger partial charge in [-0.15, -0.1) is 0 Å². The molecule has 0 unspecified atom stereocenters. The Hall–Kier alpha value is -3.09. The first kappa shape index (κ1) is 30.1. The third kappa shape index (κ3) is 11.2. The number of benzene rings is 2. The van der Waals surface area contributed by atoms with Gasteiger partial charge in [0, 0.05) is 13.0 Å². The van der Waals surface area contributed by atoms with Crippen LogP contribution in [0.2, 0.25) is 0 Å². The Balaban J connectivity index is 2.15. The van der Waals surface area contributed by atoms with Crippen LogP contribution in [0.25, 0.3) is 0 Å². The minimum atomic E-state index is -3.79. The number of nitrogens with zero attached hydrogens (tertiary/aromatic N) is 1. The van der Waals surface area contributed by atoms with E-state index in [4.69, 9.17) is 11.5 Å². The molecule has 202 valence electrons. The molecule has 2 rings (SSSR count). The van der Waals surface area contributed by atoms with E-state index in [1.807, 2.05) is 48.7 Å². The number of thioether (sulfide) groups is 1. The molecule has 37 heavy (non-hydrogen) atoms. The van der Waals surface area contributed by atoms with Crippen molar-refractivity contribution in [1.82, 2.24) is 15.4 Å². The van der Waals surface area contributed by atoms with Crippen LogP contribution in [0.15, 0.2) is 59.6 Å². The van der Waals surface area contributed by atoms with Crippen molar-refractivity contribution in [2.75, 3.05) is 17.8 Å². The standard InChI is InChI=1S/C25H36N6O4S2/c1-3-15-37(34,35)31-24(33)22(16-18-7-5-4-6-8-18)30-23(32)21(13-14-36-2)28-17-19-9-11-20(12-10-19)29-25(26)27/h4-12,21-22,28H,3,13-17H2,1-2H3,(H,30,32)(H,31,33)(H4,26,27,29)/t21-,22+/m0/s1. The lowest BCUT2D eigenvalue weighted by molar-refractivity contribution is -0.129. The molecule has 0 saturated carbocycles. The van der Waals surface area contributed by atoms with Crippen LogP contribution in [0.5, 0.6) is 0 Å². The third-order valence-electron chi connectivity index (χ3n) is 5.32. The highest BCUT2D eigenvalue weighted by Crippen LogP contribution is 2.13. The van der Waals surface area contributed by atoms with E-state index in [1.165, 1.54) is 0 Å². The van der Waals surface area contributed by atoms with E-state index in [0.717, 1.165) is 16.9 Å². The SMILES string of the molecule is CCCS(=O)(=O)NC(=O)[C@@H](Cc1ccccc1)NC(=O)[C@H](CCSC)NCc1ccc(N=C(N)N)cc1. The van der Waals surface area contributed by atoms with Crippen LogP contribution in [-0.4, -0.2) is 56.0 Å². The number of aliphatic imine (C=N–C) groups is 1. The smallest absolute Gasteiger partial charge is 0.256 e. The van der Waals surface area contributed by atoms with Gasteiger partial charge < -0.3 is 22.1 Å². The summed E-state index contributed by atoms with van der Waals surface area (Å²) in [7, 11) is -3.79. The maximum absolute atomic E-state index is 13.3. The Labute approximate surface area is 223 Å². The van der Waals surface area contributed by atoms with E-state index < -0.39 is 28.0 Å². The molecule has 0 radical (unpaired) electrons. The van der Waals surface area contributed by atoms with Crippen molar-refractivity contribution in [2.45, 2.75) is 44.8 Å². The predicted octanol–water partition coefficient (Wildman–Crippen LogP) is 1.39. The van der Waals surface area contributed by atoms with Gasteiger partial charge in [-0.2, -0.15) is 11.8 Å². The summed E-state index contributed by atoms with van der Waals surface area (Å²) in [6.07, 6.45) is 2.99. The number of sulfonamides is 1. The summed E-state index contributed by atoms with van der Waals surface area (Å²) in [5.74, 6) is -0.629. The minimum absolute atomic E-state index is 0.0312. The van der Waals surface area contributed by atoms with Crippen LogP contribution < -0.4 is 26.8 Å². The number of carbonyl (C=O) groups excluding carboxylic acids is 2. The molecule has 0 aliphatic rings. The molecule has 2 amide bonds. The van der Waals surface area contributed by atoms with E-state index in [9.17, 15) is 18.0 Å². The fourth-order valence-corrected chi connectivity index (χ4v) is 5.08. The van der Waals surface area contributed by atoms with Gasteiger partial charge in [-0.05, 0) is 48.1 Å². The van der Waals surface area contributed by atoms with Gasteiger partial charge in [-0.25, -0.2) is 13.4 Å². The number of hydrogen-bond donors (Lipinski definition) is 5. The molecule has 0 fully saturated rings. The first-order valence-corrected chi connectivity index (χ1v) is 15.0. The van der Waals surface area contributed by atoms with E-state index in [1.54, 1.807) is 30.8 Å². The van der Waals surface area contributed by atoms with Gasteiger partial charge in [0.1, 0.15) is 6.04 Å². The summed E-state index contributed by atoms with van der Waals surface area (Å²) in [5, 5.41) is 6.02. The number of amides is 2. The van der Waals surface area contributed by atoms with E-state index in [0.29, 0.717) is 25.1 Å². The molecule has 0 bridgehead atoms. The van der Waals surface area contributed by atoms with Crippen molar-refractivity contribution in [3.05, 3.63) is 65.7 Å². The van der Waals surface area contributed by atoms with E-state index in [2.05, 4.69) is 20.3 Å². The van der Waals surface area contributed by atoms with Crippen LogP contribution in [-0.2, 0) is 32.6 Å². The maximum Gasteiger partial charge on any atom is 0.256 e. The normalized spacial score (nSPS) is 12.8. The van der Waals surface area contributed by atoms with Crippen molar-refractivity contribution in [1.29, 1.82) is 0 Å². The molecular formula is C25H36N6O4S2.